The second kappa shape index (κ2) is 5.66. The van der Waals surface area contributed by atoms with Crippen LogP contribution in [0.1, 0.15) is 29.9 Å². The van der Waals surface area contributed by atoms with E-state index in [1.807, 2.05) is 13.8 Å². The third-order valence-electron chi connectivity index (χ3n) is 3.00. The van der Waals surface area contributed by atoms with Crippen LogP contribution in [0.3, 0.4) is 0 Å². The lowest BCUT2D eigenvalue weighted by Crippen LogP contribution is -2.40. The topological polar surface area (TPSA) is 100 Å². The number of amides is 2. The highest BCUT2D eigenvalue weighted by molar-refractivity contribution is 7.18. The molecular weight excluding hydrogens is 278 g/mol. The van der Waals surface area contributed by atoms with Gasteiger partial charge in [-0.1, -0.05) is 11.3 Å². The van der Waals surface area contributed by atoms with Crippen molar-refractivity contribution in [2.75, 3.05) is 24.6 Å². The number of likely N-dealkylation sites (N-methyl/N-ethyl adjacent to an activating group) is 1. The second-order valence-corrected chi connectivity index (χ2v) is 6.11. The highest BCUT2D eigenvalue weighted by Gasteiger charge is 2.31. The number of rotatable bonds is 4. The average Bonchev–Trinajstić information content (AvgIpc) is 2.86. The Bertz CT molecular complexity index is 528. The number of hydrogen-bond acceptors (Lipinski definition) is 6. The smallest absolute Gasteiger partial charge is 0.265 e. The minimum Gasteiger partial charge on any atom is -0.382 e. The van der Waals surface area contributed by atoms with Crippen molar-refractivity contribution >= 4 is 34.1 Å². The van der Waals surface area contributed by atoms with Gasteiger partial charge < -0.3 is 21.3 Å². The molecule has 1 atom stereocenters. The van der Waals surface area contributed by atoms with E-state index >= 15 is 0 Å². The largest absolute Gasteiger partial charge is 0.382 e. The summed E-state index contributed by atoms with van der Waals surface area (Å²) in [5.74, 6) is -0.220. The molecule has 1 aromatic heterocycles. The van der Waals surface area contributed by atoms with Gasteiger partial charge in [0.05, 0.1) is 0 Å². The van der Waals surface area contributed by atoms with E-state index in [1.54, 1.807) is 11.9 Å². The van der Waals surface area contributed by atoms with E-state index in [2.05, 4.69) is 15.6 Å². The average molecular weight is 297 g/mol. The molecule has 1 aromatic rings. The molecule has 0 bridgehead atoms. The van der Waals surface area contributed by atoms with Gasteiger partial charge in [0.25, 0.3) is 5.91 Å². The van der Waals surface area contributed by atoms with Crippen LogP contribution in [0.4, 0.5) is 10.9 Å². The molecule has 0 spiro atoms. The van der Waals surface area contributed by atoms with Crippen molar-refractivity contribution in [1.29, 1.82) is 0 Å². The molecular formula is C12H19N5O2S. The normalized spacial score (nSPS) is 18.7. The van der Waals surface area contributed by atoms with E-state index in [1.165, 1.54) is 11.3 Å². The number of nitrogens with two attached hydrogens (primary N) is 1. The standard InChI is InChI=1S/C12H19N5O2S/c1-6(2)14-12-16-9(13)8(20-12)10(18)15-7-4-5-17(3)11(7)19/h6-7H,4-5,13H2,1-3H3,(H,14,16)(H,15,18). The Hall–Kier alpha value is -1.83. The number of nitrogen functional groups attached to an aromatic ring is 1. The zero-order valence-corrected chi connectivity index (χ0v) is 12.6. The van der Waals surface area contributed by atoms with E-state index in [9.17, 15) is 9.59 Å². The Morgan fingerprint density at radius 1 is 1.55 bits per heavy atom. The summed E-state index contributed by atoms with van der Waals surface area (Å²) in [4.78, 5) is 30.0. The summed E-state index contributed by atoms with van der Waals surface area (Å²) in [6.07, 6.45) is 0.622. The third kappa shape index (κ3) is 3.01. The molecule has 0 aliphatic carbocycles. The van der Waals surface area contributed by atoms with Crippen LogP contribution in [0, 0.1) is 0 Å². The van der Waals surface area contributed by atoms with E-state index in [-0.39, 0.29) is 23.7 Å². The quantitative estimate of drug-likeness (QED) is 0.751. The molecule has 7 nitrogen and oxygen atoms in total. The summed E-state index contributed by atoms with van der Waals surface area (Å²) < 4.78 is 0. The SMILES string of the molecule is CC(C)Nc1nc(N)c(C(=O)NC2CCN(C)C2=O)s1. The molecule has 1 aliphatic rings. The fourth-order valence-corrected chi connectivity index (χ4v) is 2.92. The summed E-state index contributed by atoms with van der Waals surface area (Å²) in [5, 5.41) is 6.43. The third-order valence-corrected chi connectivity index (χ3v) is 4.01. The zero-order valence-electron chi connectivity index (χ0n) is 11.8. The van der Waals surface area contributed by atoms with E-state index in [0.29, 0.717) is 23.0 Å². The maximum Gasteiger partial charge on any atom is 0.265 e. The van der Waals surface area contributed by atoms with Crippen molar-refractivity contribution in [3.63, 3.8) is 0 Å². The first kappa shape index (κ1) is 14.6. The van der Waals surface area contributed by atoms with Gasteiger partial charge in [0.1, 0.15) is 16.7 Å². The van der Waals surface area contributed by atoms with Gasteiger partial charge in [0.15, 0.2) is 5.13 Å². The van der Waals surface area contributed by atoms with Gasteiger partial charge in [-0.3, -0.25) is 9.59 Å². The molecule has 0 aromatic carbocycles. The van der Waals surface area contributed by atoms with E-state index in [4.69, 9.17) is 5.73 Å². The number of hydrogen-bond donors (Lipinski definition) is 3. The lowest BCUT2D eigenvalue weighted by atomic mass is 10.2. The Kier molecular flexibility index (Phi) is 4.12. The highest BCUT2D eigenvalue weighted by Crippen LogP contribution is 2.25. The zero-order chi connectivity index (χ0) is 14.9. The second-order valence-electron chi connectivity index (χ2n) is 5.11. The molecule has 1 aliphatic heterocycles. The summed E-state index contributed by atoms with van der Waals surface area (Å²) in [7, 11) is 1.72. The number of nitrogens with zero attached hydrogens (tertiary/aromatic N) is 2. The summed E-state index contributed by atoms with van der Waals surface area (Å²) in [5.41, 5.74) is 5.76. The molecule has 110 valence electrons. The predicted octanol–water partition coefficient (Wildman–Crippen LogP) is 0.506. The maximum atomic E-state index is 12.2. The molecule has 1 saturated heterocycles. The molecule has 0 radical (unpaired) electrons. The number of aromatic nitrogens is 1. The Morgan fingerprint density at radius 3 is 2.80 bits per heavy atom. The van der Waals surface area contributed by atoms with Gasteiger partial charge in [-0.25, -0.2) is 4.98 Å². The molecule has 2 rings (SSSR count). The van der Waals surface area contributed by atoms with Gasteiger partial charge >= 0.3 is 0 Å². The number of likely N-dealkylation sites (tertiary alicyclic amines) is 1. The fraction of sp³-hybridized carbons (Fsp3) is 0.583. The van der Waals surface area contributed by atoms with E-state index < -0.39 is 6.04 Å². The molecule has 8 heteroatoms. The van der Waals surface area contributed by atoms with Crippen LogP contribution < -0.4 is 16.4 Å². The van der Waals surface area contributed by atoms with Gasteiger partial charge in [-0.2, -0.15) is 0 Å². The summed E-state index contributed by atoms with van der Waals surface area (Å²) in [6.45, 7) is 4.61. The number of thiazole rings is 1. The van der Waals surface area contributed by atoms with Crippen LogP contribution in [0.5, 0.6) is 0 Å². The van der Waals surface area contributed by atoms with Gasteiger partial charge in [-0.15, -0.1) is 0 Å². The summed E-state index contributed by atoms with van der Waals surface area (Å²) >= 11 is 1.20. The van der Waals surface area contributed by atoms with E-state index in [0.717, 1.165) is 0 Å². The minimum atomic E-state index is -0.462. The van der Waals surface area contributed by atoms with Crippen LogP contribution >= 0.6 is 11.3 Å². The number of nitrogens with one attached hydrogen (secondary N) is 2. The lowest BCUT2D eigenvalue weighted by molar-refractivity contribution is -0.128. The van der Waals surface area contributed by atoms with Crippen molar-refractivity contribution in [1.82, 2.24) is 15.2 Å². The molecule has 2 amide bonds. The van der Waals surface area contributed by atoms with Crippen LogP contribution in [0.2, 0.25) is 0 Å². The maximum absolute atomic E-state index is 12.2. The molecule has 1 unspecified atom stereocenters. The molecule has 1 fully saturated rings. The number of carbonyl (C=O) groups is 2. The first-order chi connectivity index (χ1) is 9.38. The minimum absolute atomic E-state index is 0.0676. The number of carbonyl (C=O) groups excluding carboxylic acids is 2. The summed E-state index contributed by atoms with van der Waals surface area (Å²) in [6, 6.07) is -0.253. The van der Waals surface area contributed by atoms with Crippen LogP contribution in [0.15, 0.2) is 0 Å². The van der Waals surface area contributed by atoms with Gasteiger partial charge in [0.2, 0.25) is 5.91 Å². The first-order valence-electron chi connectivity index (χ1n) is 6.47. The van der Waals surface area contributed by atoms with Crippen molar-refractivity contribution < 1.29 is 9.59 Å². The predicted molar refractivity (Wildman–Crippen MR) is 78.8 cm³/mol. The van der Waals surface area contributed by atoms with Crippen LogP contribution in [-0.4, -0.2) is 47.4 Å². The molecule has 2 heterocycles. The Morgan fingerprint density at radius 2 is 2.25 bits per heavy atom. The van der Waals surface area contributed by atoms with Crippen molar-refractivity contribution in [2.45, 2.75) is 32.4 Å². The van der Waals surface area contributed by atoms with Gasteiger partial charge in [-0.05, 0) is 20.3 Å². The first-order valence-corrected chi connectivity index (χ1v) is 7.28. The molecule has 4 N–H and O–H groups in total. The number of anilines is 2. The molecule has 0 saturated carbocycles. The Balaban J connectivity index is 2.06. The monoisotopic (exact) mass is 297 g/mol. The van der Waals surface area contributed by atoms with Crippen LogP contribution in [-0.2, 0) is 4.79 Å². The van der Waals surface area contributed by atoms with Gasteiger partial charge in [0, 0.05) is 19.6 Å². The lowest BCUT2D eigenvalue weighted by Gasteiger charge is -2.11. The van der Waals surface area contributed by atoms with Crippen molar-refractivity contribution in [3.8, 4) is 0 Å². The van der Waals surface area contributed by atoms with Crippen molar-refractivity contribution in [2.24, 2.45) is 0 Å². The van der Waals surface area contributed by atoms with Crippen LogP contribution in [0.25, 0.3) is 0 Å². The fourth-order valence-electron chi connectivity index (χ4n) is 1.98. The van der Waals surface area contributed by atoms with Crippen molar-refractivity contribution in [3.05, 3.63) is 4.88 Å². The molecule has 20 heavy (non-hydrogen) atoms. The highest BCUT2D eigenvalue weighted by atomic mass is 32.1. The Labute approximate surface area is 121 Å².